The Labute approximate surface area is 143 Å². The molecule has 2 aromatic heterocycles. The third kappa shape index (κ3) is 2.88. The zero-order chi connectivity index (χ0) is 16.5. The molecule has 1 aliphatic rings. The molecule has 0 radical (unpaired) electrons. The average molecular weight is 339 g/mol. The number of hydrogen-bond donors (Lipinski definition) is 1. The first kappa shape index (κ1) is 15.2. The minimum atomic E-state index is -0.120. The van der Waals surface area contributed by atoms with E-state index in [0.717, 1.165) is 35.4 Å². The van der Waals surface area contributed by atoms with E-state index in [9.17, 15) is 4.79 Å². The highest BCUT2D eigenvalue weighted by Gasteiger charge is 2.16. The maximum absolute atomic E-state index is 12.5. The Morgan fingerprint density at radius 3 is 3.21 bits per heavy atom. The molecule has 3 aromatic rings. The van der Waals surface area contributed by atoms with Crippen LogP contribution in [0, 0.1) is 0 Å². The average Bonchev–Trinajstić information content (AvgIpc) is 3.08. The summed E-state index contributed by atoms with van der Waals surface area (Å²) < 4.78 is 0.907. The Kier molecular flexibility index (Phi) is 3.95. The summed E-state index contributed by atoms with van der Waals surface area (Å²) in [4.78, 5) is 27.9. The van der Waals surface area contributed by atoms with Gasteiger partial charge in [-0.3, -0.25) is 4.79 Å². The molecule has 0 unspecified atom stereocenters. The molecule has 7 heteroatoms. The number of nitrogens with one attached hydrogen (secondary N) is 1. The SMILES string of the molecule is CN1CCc2nc(CNC(=O)c3cccc4ncsc34)ncc2C1. The lowest BCUT2D eigenvalue weighted by Gasteiger charge is -2.23. The quantitative estimate of drug-likeness (QED) is 0.790. The normalized spacial score (nSPS) is 14.5. The highest BCUT2D eigenvalue weighted by Crippen LogP contribution is 2.22. The molecule has 24 heavy (non-hydrogen) atoms. The van der Waals surface area contributed by atoms with Crippen molar-refractivity contribution >= 4 is 27.5 Å². The molecule has 0 fully saturated rings. The van der Waals surface area contributed by atoms with Gasteiger partial charge in [-0.25, -0.2) is 15.0 Å². The van der Waals surface area contributed by atoms with Crippen LogP contribution in [-0.4, -0.2) is 39.4 Å². The summed E-state index contributed by atoms with van der Waals surface area (Å²) in [5.74, 6) is 0.536. The van der Waals surface area contributed by atoms with Gasteiger partial charge in [0.15, 0.2) is 0 Å². The Morgan fingerprint density at radius 2 is 2.29 bits per heavy atom. The van der Waals surface area contributed by atoms with Crippen LogP contribution in [0.1, 0.15) is 27.4 Å². The molecule has 0 bridgehead atoms. The fourth-order valence-electron chi connectivity index (χ4n) is 2.90. The first-order valence-electron chi connectivity index (χ1n) is 7.83. The number of hydrogen-bond acceptors (Lipinski definition) is 6. The Hall–Kier alpha value is -2.38. The Balaban J connectivity index is 1.49. The molecule has 4 rings (SSSR count). The number of carbonyl (C=O) groups is 1. The van der Waals surface area contributed by atoms with Gasteiger partial charge in [0.25, 0.3) is 5.91 Å². The molecule has 0 spiro atoms. The predicted octanol–water partition coefficient (Wildman–Crippen LogP) is 2.00. The minimum absolute atomic E-state index is 0.120. The smallest absolute Gasteiger partial charge is 0.253 e. The topological polar surface area (TPSA) is 71.0 Å². The van der Waals surface area contributed by atoms with E-state index in [1.807, 2.05) is 24.4 Å². The van der Waals surface area contributed by atoms with Crippen molar-refractivity contribution in [2.75, 3.05) is 13.6 Å². The van der Waals surface area contributed by atoms with E-state index < -0.39 is 0 Å². The van der Waals surface area contributed by atoms with E-state index in [1.54, 1.807) is 5.51 Å². The summed E-state index contributed by atoms with van der Waals surface area (Å²) in [5, 5.41) is 2.92. The van der Waals surface area contributed by atoms with Gasteiger partial charge in [0.1, 0.15) is 5.82 Å². The summed E-state index contributed by atoms with van der Waals surface area (Å²) in [6, 6.07) is 5.58. The number of amides is 1. The number of nitrogens with zero attached hydrogens (tertiary/aromatic N) is 4. The van der Waals surface area contributed by atoms with Crippen molar-refractivity contribution < 1.29 is 4.79 Å². The lowest BCUT2D eigenvalue weighted by Crippen LogP contribution is -2.29. The third-order valence-corrected chi connectivity index (χ3v) is 5.06. The van der Waals surface area contributed by atoms with Crippen LogP contribution in [0.2, 0.25) is 0 Å². The Morgan fingerprint density at radius 1 is 1.38 bits per heavy atom. The van der Waals surface area contributed by atoms with Crippen LogP contribution in [0.25, 0.3) is 10.2 Å². The Bertz CT molecular complexity index is 907. The van der Waals surface area contributed by atoms with Crippen molar-refractivity contribution in [3.05, 3.63) is 52.6 Å². The second-order valence-electron chi connectivity index (χ2n) is 5.93. The fraction of sp³-hybridized carbons (Fsp3) is 0.294. The molecular formula is C17H17N5OS. The van der Waals surface area contributed by atoms with Crippen LogP contribution in [0.15, 0.2) is 29.9 Å². The molecule has 1 aromatic carbocycles. The molecule has 122 valence electrons. The van der Waals surface area contributed by atoms with Gasteiger partial charge >= 0.3 is 0 Å². The number of thiazole rings is 1. The van der Waals surface area contributed by atoms with Gasteiger partial charge in [-0.2, -0.15) is 0 Å². The largest absolute Gasteiger partial charge is 0.345 e. The number of benzene rings is 1. The third-order valence-electron chi connectivity index (χ3n) is 4.18. The maximum atomic E-state index is 12.5. The molecular weight excluding hydrogens is 322 g/mol. The first-order valence-corrected chi connectivity index (χ1v) is 8.71. The first-order chi connectivity index (χ1) is 11.7. The highest BCUT2D eigenvalue weighted by molar-refractivity contribution is 7.17. The second kappa shape index (κ2) is 6.26. The highest BCUT2D eigenvalue weighted by atomic mass is 32.1. The van der Waals surface area contributed by atoms with E-state index in [2.05, 4.69) is 32.2 Å². The zero-order valence-electron chi connectivity index (χ0n) is 13.3. The van der Waals surface area contributed by atoms with Gasteiger partial charge in [-0.05, 0) is 19.2 Å². The lowest BCUT2D eigenvalue weighted by molar-refractivity contribution is 0.0951. The van der Waals surface area contributed by atoms with Gasteiger partial charge < -0.3 is 10.2 Å². The summed E-state index contributed by atoms with van der Waals surface area (Å²) in [7, 11) is 2.09. The van der Waals surface area contributed by atoms with Crippen molar-refractivity contribution in [1.82, 2.24) is 25.2 Å². The molecule has 6 nitrogen and oxygen atoms in total. The summed E-state index contributed by atoms with van der Waals surface area (Å²) >= 11 is 1.47. The van der Waals surface area contributed by atoms with Crippen LogP contribution >= 0.6 is 11.3 Å². The van der Waals surface area contributed by atoms with Gasteiger partial charge in [-0.1, -0.05) is 6.07 Å². The lowest BCUT2D eigenvalue weighted by atomic mass is 10.1. The summed E-state index contributed by atoms with van der Waals surface area (Å²) in [6.45, 7) is 2.22. The van der Waals surface area contributed by atoms with Gasteiger partial charge in [0, 0.05) is 37.0 Å². The standard InChI is InChI=1S/C17H17N5OS/c1-22-6-5-13-11(9-22)7-18-15(21-13)8-19-17(23)12-3-2-4-14-16(12)24-10-20-14/h2-4,7,10H,5-6,8-9H2,1H3,(H,19,23). The van der Waals surface area contributed by atoms with Crippen LogP contribution < -0.4 is 5.32 Å². The van der Waals surface area contributed by atoms with E-state index in [-0.39, 0.29) is 5.91 Å². The van der Waals surface area contributed by atoms with E-state index >= 15 is 0 Å². The van der Waals surface area contributed by atoms with E-state index in [1.165, 1.54) is 16.9 Å². The second-order valence-corrected chi connectivity index (χ2v) is 6.79. The van der Waals surface area contributed by atoms with Gasteiger partial charge in [-0.15, -0.1) is 11.3 Å². The van der Waals surface area contributed by atoms with Crippen molar-refractivity contribution in [2.45, 2.75) is 19.5 Å². The van der Waals surface area contributed by atoms with E-state index in [4.69, 9.17) is 0 Å². The maximum Gasteiger partial charge on any atom is 0.253 e. The summed E-state index contributed by atoms with van der Waals surface area (Å²) in [5.41, 5.74) is 5.52. The molecule has 0 saturated carbocycles. The van der Waals surface area contributed by atoms with Crippen LogP contribution in [0.3, 0.4) is 0 Å². The van der Waals surface area contributed by atoms with Gasteiger partial charge in [0.2, 0.25) is 0 Å². The molecule has 1 aliphatic heterocycles. The van der Waals surface area contributed by atoms with Crippen LogP contribution in [0.4, 0.5) is 0 Å². The van der Waals surface area contributed by atoms with E-state index in [0.29, 0.717) is 17.9 Å². The number of fused-ring (bicyclic) bond motifs is 2. The number of aromatic nitrogens is 3. The van der Waals surface area contributed by atoms with Crippen LogP contribution in [0.5, 0.6) is 0 Å². The van der Waals surface area contributed by atoms with Crippen LogP contribution in [-0.2, 0) is 19.5 Å². The van der Waals surface area contributed by atoms with Gasteiger partial charge in [0.05, 0.1) is 27.8 Å². The number of rotatable bonds is 3. The predicted molar refractivity (Wildman–Crippen MR) is 92.9 cm³/mol. The molecule has 3 heterocycles. The van der Waals surface area contributed by atoms with Crippen molar-refractivity contribution in [2.24, 2.45) is 0 Å². The van der Waals surface area contributed by atoms with Crippen molar-refractivity contribution in [1.29, 1.82) is 0 Å². The molecule has 1 amide bonds. The van der Waals surface area contributed by atoms with Crippen molar-refractivity contribution in [3.63, 3.8) is 0 Å². The zero-order valence-corrected chi connectivity index (χ0v) is 14.1. The molecule has 0 atom stereocenters. The number of likely N-dealkylation sites (N-methyl/N-ethyl adjacent to an activating group) is 1. The molecule has 0 aliphatic carbocycles. The fourth-order valence-corrected chi connectivity index (χ4v) is 3.70. The molecule has 0 saturated heterocycles. The minimum Gasteiger partial charge on any atom is -0.345 e. The van der Waals surface area contributed by atoms with Crippen molar-refractivity contribution in [3.8, 4) is 0 Å². The summed E-state index contributed by atoms with van der Waals surface area (Å²) in [6.07, 6.45) is 2.80. The molecule has 1 N–H and O–H groups in total. The monoisotopic (exact) mass is 339 g/mol. The number of carbonyl (C=O) groups excluding carboxylic acids is 1.